The van der Waals surface area contributed by atoms with E-state index < -0.39 is 10.0 Å². The van der Waals surface area contributed by atoms with Gasteiger partial charge in [0.25, 0.3) is 15.9 Å². The van der Waals surface area contributed by atoms with Crippen LogP contribution >= 0.6 is 0 Å². The Hall–Kier alpha value is -3.52. The van der Waals surface area contributed by atoms with E-state index in [0.29, 0.717) is 24.3 Å². The molecule has 33 heavy (non-hydrogen) atoms. The highest BCUT2D eigenvalue weighted by molar-refractivity contribution is 7.92. The van der Waals surface area contributed by atoms with Gasteiger partial charge in [-0.05, 0) is 61.5 Å². The van der Waals surface area contributed by atoms with Crippen molar-refractivity contribution in [3.63, 3.8) is 0 Å². The Morgan fingerprint density at radius 1 is 0.909 bits per heavy atom. The van der Waals surface area contributed by atoms with E-state index in [1.165, 1.54) is 0 Å². The number of aryl methyl sites for hydroxylation is 1. The summed E-state index contributed by atoms with van der Waals surface area (Å²) in [5.41, 5.74) is 2.89. The molecule has 172 valence electrons. The molecule has 3 aromatic carbocycles. The van der Waals surface area contributed by atoms with Gasteiger partial charge in [-0.1, -0.05) is 23.8 Å². The third-order valence-electron chi connectivity index (χ3n) is 5.70. The van der Waals surface area contributed by atoms with E-state index in [4.69, 9.17) is 4.74 Å². The van der Waals surface area contributed by atoms with Gasteiger partial charge in [0.15, 0.2) is 0 Å². The van der Waals surface area contributed by atoms with Crippen molar-refractivity contribution in [3.05, 3.63) is 83.9 Å². The van der Waals surface area contributed by atoms with Gasteiger partial charge in [0, 0.05) is 43.1 Å². The molecular weight excluding hydrogens is 438 g/mol. The monoisotopic (exact) mass is 465 g/mol. The maximum Gasteiger partial charge on any atom is 0.261 e. The first-order chi connectivity index (χ1) is 15.9. The quantitative estimate of drug-likeness (QED) is 0.600. The van der Waals surface area contributed by atoms with E-state index in [0.717, 1.165) is 30.1 Å². The molecule has 4 rings (SSSR count). The van der Waals surface area contributed by atoms with Crippen LogP contribution in [0.25, 0.3) is 0 Å². The smallest absolute Gasteiger partial charge is 0.261 e. The molecule has 1 saturated heterocycles. The molecular formula is C25H27N3O4S. The van der Waals surface area contributed by atoms with Gasteiger partial charge in [0.1, 0.15) is 5.75 Å². The Labute approximate surface area is 194 Å². The number of methoxy groups -OCH3 is 1. The molecule has 1 N–H and O–H groups in total. The normalized spacial score (nSPS) is 14.1. The van der Waals surface area contributed by atoms with Crippen molar-refractivity contribution in [3.8, 4) is 5.75 Å². The average molecular weight is 466 g/mol. The molecule has 0 bridgehead atoms. The van der Waals surface area contributed by atoms with Gasteiger partial charge in [-0.3, -0.25) is 9.52 Å². The standard InChI is InChI=1S/C25H27N3O4S/c1-19-6-12-24(13-7-19)33(30,31)26-21-5-3-4-20(18-21)25(29)28-16-14-27(15-17-28)22-8-10-23(32-2)11-9-22/h3-13,18,26H,14-17H2,1-2H3. The summed E-state index contributed by atoms with van der Waals surface area (Å²) in [6, 6.07) is 21.1. The van der Waals surface area contributed by atoms with Crippen molar-refractivity contribution in [2.24, 2.45) is 0 Å². The fourth-order valence-electron chi connectivity index (χ4n) is 3.79. The van der Waals surface area contributed by atoms with Crippen molar-refractivity contribution in [1.29, 1.82) is 0 Å². The van der Waals surface area contributed by atoms with E-state index >= 15 is 0 Å². The van der Waals surface area contributed by atoms with Gasteiger partial charge in [-0.15, -0.1) is 0 Å². The zero-order valence-corrected chi connectivity index (χ0v) is 19.5. The summed E-state index contributed by atoms with van der Waals surface area (Å²) in [6.45, 7) is 4.51. The minimum Gasteiger partial charge on any atom is -0.497 e. The minimum atomic E-state index is -3.73. The maximum atomic E-state index is 13.1. The second-order valence-corrected chi connectivity index (χ2v) is 9.66. The van der Waals surface area contributed by atoms with Crippen molar-refractivity contribution >= 4 is 27.3 Å². The number of benzene rings is 3. The number of carbonyl (C=O) groups is 1. The predicted molar refractivity (Wildman–Crippen MR) is 130 cm³/mol. The van der Waals surface area contributed by atoms with Crippen LogP contribution in [0, 0.1) is 6.92 Å². The molecule has 1 aliphatic heterocycles. The number of hydrogen-bond donors (Lipinski definition) is 1. The molecule has 7 nitrogen and oxygen atoms in total. The van der Waals surface area contributed by atoms with Crippen molar-refractivity contribution in [2.75, 3.05) is 42.9 Å². The summed E-state index contributed by atoms with van der Waals surface area (Å²) < 4.78 is 33.2. The lowest BCUT2D eigenvalue weighted by Crippen LogP contribution is -2.48. The van der Waals surface area contributed by atoms with Crippen molar-refractivity contribution in [1.82, 2.24) is 4.90 Å². The summed E-state index contributed by atoms with van der Waals surface area (Å²) in [6.07, 6.45) is 0. The van der Waals surface area contributed by atoms with Gasteiger partial charge in [0.2, 0.25) is 0 Å². The third-order valence-corrected chi connectivity index (χ3v) is 7.09. The first-order valence-electron chi connectivity index (χ1n) is 10.7. The molecule has 3 aromatic rings. The van der Waals surface area contributed by atoms with Crippen LogP contribution < -0.4 is 14.4 Å². The number of amides is 1. The predicted octanol–water partition coefficient (Wildman–Crippen LogP) is 3.77. The summed E-state index contributed by atoms with van der Waals surface area (Å²) in [4.78, 5) is 17.3. The number of hydrogen-bond acceptors (Lipinski definition) is 5. The average Bonchev–Trinajstić information content (AvgIpc) is 2.84. The van der Waals surface area contributed by atoms with E-state index in [-0.39, 0.29) is 10.8 Å². The molecule has 1 heterocycles. The molecule has 0 aromatic heterocycles. The highest BCUT2D eigenvalue weighted by Crippen LogP contribution is 2.22. The second kappa shape index (κ2) is 9.54. The molecule has 8 heteroatoms. The largest absolute Gasteiger partial charge is 0.497 e. The molecule has 1 aliphatic rings. The van der Waals surface area contributed by atoms with Gasteiger partial charge in [-0.2, -0.15) is 0 Å². The molecule has 1 fully saturated rings. The van der Waals surface area contributed by atoms with E-state index in [2.05, 4.69) is 9.62 Å². The van der Waals surface area contributed by atoms with Gasteiger partial charge in [0.05, 0.1) is 12.0 Å². The van der Waals surface area contributed by atoms with Crippen LogP contribution in [-0.4, -0.2) is 52.5 Å². The van der Waals surface area contributed by atoms with Crippen LogP contribution in [0.3, 0.4) is 0 Å². The van der Waals surface area contributed by atoms with Gasteiger partial charge >= 0.3 is 0 Å². The highest BCUT2D eigenvalue weighted by Gasteiger charge is 2.23. The van der Waals surface area contributed by atoms with Gasteiger partial charge in [-0.25, -0.2) is 8.42 Å². The molecule has 0 spiro atoms. The Bertz CT molecular complexity index is 1220. The third kappa shape index (κ3) is 5.28. The molecule has 0 atom stereocenters. The van der Waals surface area contributed by atoms with Gasteiger partial charge < -0.3 is 14.5 Å². The number of carbonyl (C=O) groups excluding carboxylic acids is 1. The molecule has 0 aliphatic carbocycles. The van der Waals surface area contributed by atoms with E-state index in [1.54, 1.807) is 60.5 Å². The number of anilines is 2. The van der Waals surface area contributed by atoms with Crippen molar-refractivity contribution < 1.29 is 17.9 Å². The maximum absolute atomic E-state index is 13.1. The topological polar surface area (TPSA) is 79.0 Å². The van der Waals surface area contributed by atoms with Crippen LogP contribution in [0.2, 0.25) is 0 Å². The lowest BCUT2D eigenvalue weighted by atomic mass is 10.1. The first kappa shape index (κ1) is 22.7. The van der Waals surface area contributed by atoms with Crippen molar-refractivity contribution in [2.45, 2.75) is 11.8 Å². The fourth-order valence-corrected chi connectivity index (χ4v) is 4.84. The highest BCUT2D eigenvalue weighted by atomic mass is 32.2. The number of nitrogens with zero attached hydrogens (tertiary/aromatic N) is 2. The number of sulfonamides is 1. The van der Waals surface area contributed by atoms with Crippen LogP contribution in [0.15, 0.2) is 77.7 Å². The Morgan fingerprint density at radius 3 is 2.21 bits per heavy atom. The number of rotatable bonds is 6. The number of nitrogens with one attached hydrogen (secondary N) is 1. The van der Waals surface area contributed by atoms with E-state index in [1.807, 2.05) is 31.2 Å². The summed E-state index contributed by atoms with van der Waals surface area (Å²) in [7, 11) is -2.09. The Balaban J connectivity index is 1.41. The zero-order chi connectivity index (χ0) is 23.4. The van der Waals surface area contributed by atoms with E-state index in [9.17, 15) is 13.2 Å². The lowest BCUT2D eigenvalue weighted by Gasteiger charge is -2.36. The molecule has 0 radical (unpaired) electrons. The Kier molecular flexibility index (Phi) is 6.55. The second-order valence-electron chi connectivity index (χ2n) is 7.98. The Morgan fingerprint density at radius 2 is 1.58 bits per heavy atom. The molecule has 1 amide bonds. The number of piperazine rings is 1. The molecule has 0 saturated carbocycles. The molecule has 0 unspecified atom stereocenters. The summed E-state index contributed by atoms with van der Waals surface area (Å²) >= 11 is 0. The van der Waals surface area contributed by atoms with Crippen LogP contribution in [0.4, 0.5) is 11.4 Å². The number of ether oxygens (including phenoxy) is 1. The summed E-state index contributed by atoms with van der Waals surface area (Å²) in [5, 5.41) is 0. The zero-order valence-electron chi connectivity index (χ0n) is 18.7. The van der Waals surface area contributed by atoms with Crippen LogP contribution in [-0.2, 0) is 10.0 Å². The SMILES string of the molecule is COc1ccc(N2CCN(C(=O)c3cccc(NS(=O)(=O)c4ccc(C)cc4)c3)CC2)cc1. The van der Waals surface area contributed by atoms with Crippen LogP contribution in [0.1, 0.15) is 15.9 Å². The lowest BCUT2D eigenvalue weighted by molar-refractivity contribution is 0.0747. The fraction of sp³-hybridized carbons (Fsp3) is 0.240. The summed E-state index contributed by atoms with van der Waals surface area (Å²) in [5.74, 6) is 0.700. The van der Waals surface area contributed by atoms with Crippen LogP contribution in [0.5, 0.6) is 5.75 Å². The minimum absolute atomic E-state index is 0.110. The first-order valence-corrected chi connectivity index (χ1v) is 12.2.